The van der Waals surface area contributed by atoms with Gasteiger partial charge in [-0.1, -0.05) is 0 Å². The fourth-order valence-electron chi connectivity index (χ4n) is 0.0546. The van der Waals surface area contributed by atoms with Crippen molar-refractivity contribution in [3.05, 3.63) is 0 Å². The Morgan fingerprint density at radius 3 is 2.29 bits per heavy atom. The van der Waals surface area contributed by atoms with Gasteiger partial charge in [0.15, 0.2) is 6.67 Å². The lowest BCUT2D eigenvalue weighted by molar-refractivity contribution is -0.141. The van der Waals surface area contributed by atoms with Gasteiger partial charge < -0.3 is 4.74 Å². The Bertz CT molecular complexity index is 50.9. The summed E-state index contributed by atoms with van der Waals surface area (Å²) >= 11 is 0. The van der Waals surface area contributed by atoms with Crippen molar-refractivity contribution in [3.63, 3.8) is 0 Å². The summed E-state index contributed by atoms with van der Waals surface area (Å²) in [7, 11) is 1.14. The summed E-state index contributed by atoms with van der Waals surface area (Å²) in [6, 6.07) is 0. The van der Waals surface area contributed by atoms with Crippen LogP contribution in [0.2, 0.25) is 0 Å². The van der Waals surface area contributed by atoms with Crippen LogP contribution in [0.4, 0.5) is 4.39 Å². The molecule has 0 saturated carbocycles. The first kappa shape index (κ1) is 9.85. The fraction of sp³-hybridized carbons (Fsp3) is 0.667. The van der Waals surface area contributed by atoms with Gasteiger partial charge in [0.05, 0.1) is 7.11 Å². The van der Waals surface area contributed by atoms with E-state index in [-0.39, 0.29) is 12.4 Å². The van der Waals surface area contributed by atoms with E-state index in [9.17, 15) is 9.18 Å². The molecule has 0 aliphatic carbocycles. The fourth-order valence-corrected chi connectivity index (χ4v) is 0.0546. The summed E-state index contributed by atoms with van der Waals surface area (Å²) in [4.78, 5) is 9.58. The first-order valence-electron chi connectivity index (χ1n) is 1.44. The summed E-state index contributed by atoms with van der Waals surface area (Å²) in [5.41, 5.74) is 0. The average molecular weight is 129 g/mol. The maximum Gasteiger partial charge on any atom is 0.337 e. The molecule has 2 nitrogen and oxygen atoms in total. The van der Waals surface area contributed by atoms with Crippen molar-refractivity contribution in [3.8, 4) is 0 Å². The smallest absolute Gasteiger partial charge is 0.337 e. The molecular formula is C3H6ClFO2. The Morgan fingerprint density at radius 2 is 2.29 bits per heavy atom. The van der Waals surface area contributed by atoms with Gasteiger partial charge in [-0.25, -0.2) is 9.18 Å². The highest BCUT2D eigenvalue weighted by atomic mass is 35.5. The summed E-state index contributed by atoms with van der Waals surface area (Å²) < 4.78 is 14.8. The third-order valence-electron chi connectivity index (χ3n) is 0.337. The van der Waals surface area contributed by atoms with Crippen LogP contribution in [0.3, 0.4) is 0 Å². The van der Waals surface area contributed by atoms with Crippen molar-refractivity contribution < 1.29 is 13.9 Å². The number of carbonyl (C=O) groups is 1. The topological polar surface area (TPSA) is 26.3 Å². The maximum absolute atomic E-state index is 10.9. The molecule has 0 rings (SSSR count). The number of ether oxygens (including phenoxy) is 1. The van der Waals surface area contributed by atoms with Crippen molar-refractivity contribution in [1.82, 2.24) is 0 Å². The van der Waals surface area contributed by atoms with Crippen LogP contribution in [0, 0.1) is 0 Å². The predicted molar refractivity (Wildman–Crippen MR) is 25.2 cm³/mol. The zero-order chi connectivity index (χ0) is 4.99. The number of carbonyl (C=O) groups excluding carboxylic acids is 1. The molecule has 0 heterocycles. The normalized spacial score (nSPS) is 6.57. The van der Waals surface area contributed by atoms with Crippen LogP contribution in [-0.4, -0.2) is 19.8 Å². The predicted octanol–water partition coefficient (Wildman–Crippen LogP) is 0.551. The number of alkyl halides is 1. The van der Waals surface area contributed by atoms with E-state index >= 15 is 0 Å². The number of hydrogen-bond donors (Lipinski definition) is 0. The molecule has 0 atom stereocenters. The van der Waals surface area contributed by atoms with Gasteiger partial charge >= 0.3 is 5.97 Å². The van der Waals surface area contributed by atoms with Gasteiger partial charge in [0.25, 0.3) is 0 Å². The van der Waals surface area contributed by atoms with Crippen LogP contribution in [0.25, 0.3) is 0 Å². The van der Waals surface area contributed by atoms with E-state index < -0.39 is 12.6 Å². The highest BCUT2D eigenvalue weighted by molar-refractivity contribution is 5.85. The van der Waals surface area contributed by atoms with E-state index in [0.717, 1.165) is 7.11 Å². The lowest BCUT2D eigenvalue weighted by atomic mass is 10.8. The van der Waals surface area contributed by atoms with Crippen molar-refractivity contribution in [1.29, 1.82) is 0 Å². The molecular weight excluding hydrogens is 122 g/mol. The zero-order valence-electron chi connectivity index (χ0n) is 3.81. The molecule has 0 N–H and O–H groups in total. The maximum atomic E-state index is 10.9. The Hall–Kier alpha value is -0.310. The second-order valence-electron chi connectivity index (χ2n) is 0.710. The Balaban J connectivity index is 0. The lowest BCUT2D eigenvalue weighted by Crippen LogP contribution is -2.00. The van der Waals surface area contributed by atoms with Crippen LogP contribution < -0.4 is 0 Å². The molecule has 0 saturated heterocycles. The third-order valence-corrected chi connectivity index (χ3v) is 0.337. The van der Waals surface area contributed by atoms with Gasteiger partial charge in [0, 0.05) is 0 Å². The number of methoxy groups -OCH3 is 1. The number of esters is 1. The minimum absolute atomic E-state index is 0. The molecule has 7 heavy (non-hydrogen) atoms. The molecule has 0 unspecified atom stereocenters. The van der Waals surface area contributed by atoms with Gasteiger partial charge in [0.1, 0.15) is 0 Å². The van der Waals surface area contributed by atoms with Crippen LogP contribution >= 0.6 is 12.4 Å². The highest BCUT2D eigenvalue weighted by Crippen LogP contribution is 1.70. The Labute approximate surface area is 47.1 Å². The Kier molecular flexibility index (Phi) is 8.00. The van der Waals surface area contributed by atoms with Gasteiger partial charge in [-0.15, -0.1) is 12.4 Å². The van der Waals surface area contributed by atoms with Gasteiger partial charge in [-0.05, 0) is 0 Å². The van der Waals surface area contributed by atoms with E-state index in [4.69, 9.17) is 0 Å². The quantitative estimate of drug-likeness (QED) is 0.482. The summed E-state index contributed by atoms with van der Waals surface area (Å²) in [5, 5.41) is 0. The van der Waals surface area contributed by atoms with E-state index in [0.29, 0.717) is 0 Å². The summed E-state index contributed by atoms with van der Waals surface area (Å²) in [6.07, 6.45) is 0. The number of rotatable bonds is 1. The van der Waals surface area contributed by atoms with Crippen LogP contribution in [-0.2, 0) is 9.53 Å². The van der Waals surface area contributed by atoms with Crippen molar-refractivity contribution in [2.75, 3.05) is 13.8 Å². The highest BCUT2D eigenvalue weighted by Gasteiger charge is 1.91. The third kappa shape index (κ3) is 5.69. The molecule has 0 aliphatic rings. The standard InChI is InChI=1S/C3H5FO2.ClH/c1-6-3(5)2-4;/h2H2,1H3;1H. The minimum Gasteiger partial charge on any atom is -0.467 e. The van der Waals surface area contributed by atoms with E-state index in [1.54, 1.807) is 0 Å². The van der Waals surface area contributed by atoms with Crippen molar-refractivity contribution >= 4 is 18.4 Å². The molecule has 0 aromatic carbocycles. The molecule has 0 bridgehead atoms. The number of hydrogen-bond acceptors (Lipinski definition) is 2. The Morgan fingerprint density at radius 1 is 1.86 bits per heavy atom. The lowest BCUT2D eigenvalue weighted by Gasteiger charge is -1.85. The van der Waals surface area contributed by atoms with Crippen LogP contribution in [0.5, 0.6) is 0 Å². The molecule has 0 aromatic heterocycles. The first-order valence-corrected chi connectivity index (χ1v) is 1.44. The van der Waals surface area contributed by atoms with Crippen LogP contribution in [0.1, 0.15) is 0 Å². The average Bonchev–Trinajstić information content (AvgIpc) is 1.65. The van der Waals surface area contributed by atoms with E-state index in [1.165, 1.54) is 0 Å². The second kappa shape index (κ2) is 5.69. The largest absolute Gasteiger partial charge is 0.467 e. The van der Waals surface area contributed by atoms with E-state index in [1.807, 2.05) is 0 Å². The molecule has 0 spiro atoms. The SMILES string of the molecule is COC(=O)CF.Cl. The second-order valence-corrected chi connectivity index (χ2v) is 0.710. The zero-order valence-corrected chi connectivity index (χ0v) is 4.63. The van der Waals surface area contributed by atoms with Crippen LogP contribution in [0.15, 0.2) is 0 Å². The number of halogens is 2. The van der Waals surface area contributed by atoms with Crippen molar-refractivity contribution in [2.24, 2.45) is 0 Å². The van der Waals surface area contributed by atoms with Gasteiger partial charge in [0.2, 0.25) is 0 Å². The van der Waals surface area contributed by atoms with Crippen molar-refractivity contribution in [2.45, 2.75) is 0 Å². The first-order chi connectivity index (χ1) is 2.81. The molecule has 4 heteroatoms. The van der Waals surface area contributed by atoms with Gasteiger partial charge in [-0.2, -0.15) is 0 Å². The molecule has 44 valence electrons. The van der Waals surface area contributed by atoms with Gasteiger partial charge in [-0.3, -0.25) is 0 Å². The van der Waals surface area contributed by atoms with E-state index in [2.05, 4.69) is 4.74 Å². The molecule has 0 radical (unpaired) electrons. The molecule has 0 amide bonds. The molecule has 0 aromatic rings. The summed E-state index contributed by atoms with van der Waals surface area (Å²) in [5.74, 6) is -0.824. The molecule has 0 aliphatic heterocycles. The molecule has 0 fully saturated rings. The minimum atomic E-state index is -1.03. The monoisotopic (exact) mass is 128 g/mol. The summed E-state index contributed by atoms with van der Waals surface area (Å²) in [6.45, 7) is -1.03.